The summed E-state index contributed by atoms with van der Waals surface area (Å²) in [6.07, 6.45) is 0. The molecule has 6 nitrogen and oxygen atoms in total. The topological polar surface area (TPSA) is 85.8 Å². The Morgan fingerprint density at radius 1 is 1.11 bits per heavy atom. The average Bonchev–Trinajstić information content (AvgIpc) is 3.00. The molecule has 0 aliphatic carbocycles. The standard InChI is InChI=1S/C16H11Cl4N5OS/c17-8-4-5-10(18)9(6-8)15-23-24-16(25(15)21)27-7-13(26)22-12-3-1-2-11(19)14(12)20/h1-6H,7,21H2,(H,22,26). The molecule has 2 aromatic carbocycles. The second kappa shape index (κ2) is 8.58. The molecule has 0 saturated carbocycles. The minimum Gasteiger partial charge on any atom is -0.335 e. The largest absolute Gasteiger partial charge is 0.335 e. The van der Waals surface area contributed by atoms with Gasteiger partial charge in [0.1, 0.15) is 0 Å². The molecule has 0 aliphatic heterocycles. The Morgan fingerprint density at radius 2 is 1.89 bits per heavy atom. The van der Waals surface area contributed by atoms with Gasteiger partial charge in [-0.25, -0.2) is 4.68 Å². The zero-order chi connectivity index (χ0) is 19.6. The van der Waals surface area contributed by atoms with Crippen molar-refractivity contribution in [1.82, 2.24) is 14.9 Å². The van der Waals surface area contributed by atoms with Gasteiger partial charge in [-0.3, -0.25) is 4.79 Å². The zero-order valence-corrected chi connectivity index (χ0v) is 17.3. The third-order valence-corrected chi connectivity index (χ3v) is 5.72. The summed E-state index contributed by atoms with van der Waals surface area (Å²) in [7, 11) is 0. The van der Waals surface area contributed by atoms with E-state index in [1.807, 2.05) is 0 Å². The number of anilines is 1. The zero-order valence-electron chi connectivity index (χ0n) is 13.4. The minimum atomic E-state index is -0.297. The first-order valence-electron chi connectivity index (χ1n) is 7.39. The fourth-order valence-electron chi connectivity index (χ4n) is 2.14. The fourth-order valence-corrected chi connectivity index (χ4v) is 3.52. The van der Waals surface area contributed by atoms with Crippen molar-refractivity contribution in [3.05, 3.63) is 56.5 Å². The molecule has 0 spiro atoms. The second-order valence-corrected chi connectivity index (χ2v) is 7.81. The lowest BCUT2D eigenvalue weighted by Crippen LogP contribution is -2.16. The highest BCUT2D eigenvalue weighted by atomic mass is 35.5. The van der Waals surface area contributed by atoms with Crippen LogP contribution in [0.4, 0.5) is 5.69 Å². The van der Waals surface area contributed by atoms with E-state index < -0.39 is 0 Å². The van der Waals surface area contributed by atoms with Crippen LogP contribution in [-0.4, -0.2) is 26.5 Å². The van der Waals surface area contributed by atoms with Crippen LogP contribution in [0.3, 0.4) is 0 Å². The van der Waals surface area contributed by atoms with E-state index in [0.29, 0.717) is 37.3 Å². The van der Waals surface area contributed by atoms with Gasteiger partial charge in [-0.2, -0.15) is 0 Å². The first-order chi connectivity index (χ1) is 12.9. The summed E-state index contributed by atoms with van der Waals surface area (Å²) in [5, 5.41) is 12.6. The average molecular weight is 463 g/mol. The molecule has 0 atom stereocenters. The highest BCUT2D eigenvalue weighted by Crippen LogP contribution is 2.31. The molecular formula is C16H11Cl4N5OS. The van der Waals surface area contributed by atoms with E-state index in [0.717, 1.165) is 11.8 Å². The molecule has 0 saturated heterocycles. The Balaban J connectivity index is 1.70. The van der Waals surface area contributed by atoms with Crippen molar-refractivity contribution in [3.8, 4) is 11.4 Å². The van der Waals surface area contributed by atoms with Crippen LogP contribution in [-0.2, 0) is 4.79 Å². The van der Waals surface area contributed by atoms with E-state index in [-0.39, 0.29) is 16.7 Å². The van der Waals surface area contributed by atoms with Crippen LogP contribution in [0.2, 0.25) is 20.1 Å². The van der Waals surface area contributed by atoms with E-state index >= 15 is 0 Å². The highest BCUT2D eigenvalue weighted by molar-refractivity contribution is 7.99. The third kappa shape index (κ3) is 4.62. The van der Waals surface area contributed by atoms with Gasteiger partial charge in [0, 0.05) is 10.6 Å². The van der Waals surface area contributed by atoms with Crippen molar-refractivity contribution < 1.29 is 4.79 Å². The Hall–Kier alpha value is -1.64. The van der Waals surface area contributed by atoms with Crippen LogP contribution >= 0.6 is 58.2 Å². The second-order valence-electron chi connectivity index (χ2n) is 5.24. The fraction of sp³-hybridized carbons (Fsp3) is 0.0625. The minimum absolute atomic E-state index is 0.0431. The van der Waals surface area contributed by atoms with E-state index in [1.165, 1.54) is 4.68 Å². The number of nitrogens with zero attached hydrogens (tertiary/aromatic N) is 3. The van der Waals surface area contributed by atoms with Gasteiger partial charge in [0.25, 0.3) is 0 Å². The number of carbonyl (C=O) groups excluding carboxylic acids is 1. The smallest absolute Gasteiger partial charge is 0.234 e. The van der Waals surface area contributed by atoms with Gasteiger partial charge >= 0.3 is 0 Å². The molecule has 3 N–H and O–H groups in total. The van der Waals surface area contributed by atoms with Crippen molar-refractivity contribution >= 4 is 69.8 Å². The maximum Gasteiger partial charge on any atom is 0.234 e. The van der Waals surface area contributed by atoms with Gasteiger partial charge in [-0.15, -0.1) is 10.2 Å². The molecule has 1 amide bonds. The van der Waals surface area contributed by atoms with Crippen LogP contribution in [0.15, 0.2) is 41.6 Å². The quantitative estimate of drug-likeness (QED) is 0.411. The predicted molar refractivity (Wildman–Crippen MR) is 111 cm³/mol. The van der Waals surface area contributed by atoms with Crippen molar-refractivity contribution in [2.45, 2.75) is 5.16 Å². The molecule has 27 heavy (non-hydrogen) atoms. The summed E-state index contributed by atoms with van der Waals surface area (Å²) in [6.45, 7) is 0. The summed E-state index contributed by atoms with van der Waals surface area (Å²) in [5.41, 5.74) is 0.969. The summed E-state index contributed by atoms with van der Waals surface area (Å²) in [5.74, 6) is 6.12. The Kier molecular flexibility index (Phi) is 6.39. The van der Waals surface area contributed by atoms with Crippen LogP contribution in [0.1, 0.15) is 0 Å². The molecule has 3 rings (SSSR count). The van der Waals surface area contributed by atoms with E-state index in [1.54, 1.807) is 36.4 Å². The van der Waals surface area contributed by atoms with Gasteiger partial charge in [0.15, 0.2) is 5.82 Å². The predicted octanol–water partition coefficient (Wildman–Crippen LogP) is 5.00. The van der Waals surface area contributed by atoms with Crippen molar-refractivity contribution in [2.24, 2.45) is 0 Å². The van der Waals surface area contributed by atoms with Crippen LogP contribution in [0.5, 0.6) is 0 Å². The number of amides is 1. The van der Waals surface area contributed by atoms with Gasteiger partial charge in [0.2, 0.25) is 11.1 Å². The maximum absolute atomic E-state index is 12.2. The van der Waals surface area contributed by atoms with Crippen molar-refractivity contribution in [2.75, 3.05) is 16.9 Å². The van der Waals surface area contributed by atoms with E-state index in [2.05, 4.69) is 15.5 Å². The molecule has 140 valence electrons. The normalized spacial score (nSPS) is 10.8. The number of nitrogens with one attached hydrogen (secondary N) is 1. The molecule has 3 aromatic rings. The molecule has 0 radical (unpaired) electrons. The summed E-state index contributed by atoms with van der Waals surface area (Å²) in [4.78, 5) is 12.2. The monoisotopic (exact) mass is 461 g/mol. The molecule has 11 heteroatoms. The van der Waals surface area contributed by atoms with E-state index in [4.69, 9.17) is 52.2 Å². The first kappa shape index (κ1) is 20.1. The van der Waals surface area contributed by atoms with Crippen molar-refractivity contribution in [1.29, 1.82) is 0 Å². The number of thioether (sulfide) groups is 1. The first-order valence-corrected chi connectivity index (χ1v) is 9.89. The van der Waals surface area contributed by atoms with Gasteiger partial charge < -0.3 is 11.2 Å². The SMILES string of the molecule is Nn1c(SCC(=O)Nc2cccc(Cl)c2Cl)nnc1-c1cc(Cl)ccc1Cl. The number of halogens is 4. The molecule has 0 aliphatic rings. The van der Waals surface area contributed by atoms with Crippen LogP contribution in [0, 0.1) is 0 Å². The number of nitrogen functional groups attached to an aromatic ring is 1. The summed E-state index contributed by atoms with van der Waals surface area (Å²) >= 11 is 25.3. The van der Waals surface area contributed by atoms with Gasteiger partial charge in [-0.1, -0.05) is 64.2 Å². The molecule has 0 unspecified atom stereocenters. The third-order valence-electron chi connectivity index (χ3n) is 3.39. The molecular weight excluding hydrogens is 452 g/mol. The van der Waals surface area contributed by atoms with Crippen LogP contribution < -0.4 is 11.2 Å². The maximum atomic E-state index is 12.2. The lowest BCUT2D eigenvalue weighted by atomic mass is 10.2. The molecule has 1 aromatic heterocycles. The lowest BCUT2D eigenvalue weighted by molar-refractivity contribution is -0.113. The van der Waals surface area contributed by atoms with Gasteiger partial charge in [-0.05, 0) is 30.3 Å². The lowest BCUT2D eigenvalue weighted by Gasteiger charge is -2.08. The summed E-state index contributed by atoms with van der Waals surface area (Å²) in [6, 6.07) is 9.91. The number of aromatic nitrogens is 3. The number of carbonyl (C=O) groups is 1. The molecule has 0 bridgehead atoms. The number of rotatable bonds is 5. The Labute approximate surface area is 178 Å². The van der Waals surface area contributed by atoms with Crippen LogP contribution in [0.25, 0.3) is 11.4 Å². The molecule has 0 fully saturated rings. The number of benzene rings is 2. The van der Waals surface area contributed by atoms with Crippen molar-refractivity contribution in [3.63, 3.8) is 0 Å². The van der Waals surface area contributed by atoms with Gasteiger partial charge in [0.05, 0.1) is 26.5 Å². The Bertz CT molecular complexity index is 1010. The number of nitrogens with two attached hydrogens (primary N) is 1. The highest BCUT2D eigenvalue weighted by Gasteiger charge is 2.17. The number of hydrogen-bond donors (Lipinski definition) is 2. The number of hydrogen-bond acceptors (Lipinski definition) is 5. The Morgan fingerprint density at radius 3 is 2.67 bits per heavy atom. The summed E-state index contributed by atoms with van der Waals surface area (Å²) < 4.78 is 1.25. The van der Waals surface area contributed by atoms with E-state index in [9.17, 15) is 4.79 Å². The molecule has 1 heterocycles.